The van der Waals surface area contributed by atoms with Crippen LogP contribution in [0.1, 0.15) is 63.7 Å². The smallest absolute Gasteiger partial charge is 0.261 e. The van der Waals surface area contributed by atoms with Crippen LogP contribution >= 0.6 is 0 Å². The number of nitrogens with one attached hydrogen (secondary N) is 2. The summed E-state index contributed by atoms with van der Waals surface area (Å²) in [7, 11) is -3.76. The Morgan fingerprint density at radius 3 is 1.97 bits per heavy atom. The van der Waals surface area contributed by atoms with E-state index in [4.69, 9.17) is 0 Å². The van der Waals surface area contributed by atoms with Crippen molar-refractivity contribution in [3.8, 4) is 0 Å². The number of benzene rings is 4. The van der Waals surface area contributed by atoms with Crippen LogP contribution in [0.15, 0.2) is 95.9 Å². The van der Waals surface area contributed by atoms with Crippen molar-refractivity contribution in [2.75, 3.05) is 10.0 Å². The molecule has 0 aliphatic carbocycles. The second kappa shape index (κ2) is 10.9. The lowest BCUT2D eigenvalue weighted by molar-refractivity contribution is 0.102. The van der Waals surface area contributed by atoms with Gasteiger partial charge < -0.3 is 5.32 Å². The van der Waals surface area contributed by atoms with Gasteiger partial charge in [0.05, 0.1) is 10.6 Å². The van der Waals surface area contributed by atoms with Gasteiger partial charge >= 0.3 is 0 Å². The maximum atomic E-state index is 13.1. The fraction of sp³-hybridized carbons (Fsp3) is 0.188. The molecule has 0 heterocycles. The van der Waals surface area contributed by atoms with Crippen LogP contribution in [0, 0.1) is 13.8 Å². The molecule has 200 valence electrons. The average molecular weight is 541 g/mol. The van der Waals surface area contributed by atoms with Gasteiger partial charge in [0.2, 0.25) is 0 Å². The van der Waals surface area contributed by atoms with E-state index >= 15 is 0 Å². The number of rotatable bonds is 7. The maximum Gasteiger partial charge on any atom is 0.261 e. The number of hydrogen-bond acceptors (Lipinski definition) is 4. The molecule has 2 N–H and O–H groups in total. The van der Waals surface area contributed by atoms with E-state index in [9.17, 15) is 18.0 Å². The fourth-order valence-corrected chi connectivity index (χ4v) is 5.20. The molecule has 0 radical (unpaired) electrons. The predicted molar refractivity (Wildman–Crippen MR) is 156 cm³/mol. The summed E-state index contributed by atoms with van der Waals surface area (Å²) in [4.78, 5) is 26.2. The molecule has 0 spiro atoms. The lowest BCUT2D eigenvalue weighted by atomic mass is 9.86. The van der Waals surface area contributed by atoms with Gasteiger partial charge in [-0.15, -0.1) is 0 Å². The highest BCUT2D eigenvalue weighted by molar-refractivity contribution is 7.92. The molecule has 0 saturated heterocycles. The predicted octanol–water partition coefficient (Wildman–Crippen LogP) is 6.89. The van der Waals surface area contributed by atoms with E-state index in [0.717, 1.165) is 11.1 Å². The molecule has 0 aliphatic rings. The molecule has 0 aromatic heterocycles. The molecule has 0 bridgehead atoms. The van der Waals surface area contributed by atoms with Crippen molar-refractivity contribution in [2.24, 2.45) is 0 Å². The summed E-state index contributed by atoms with van der Waals surface area (Å²) in [6.45, 7) is 9.98. The van der Waals surface area contributed by atoms with Gasteiger partial charge in [-0.25, -0.2) is 8.42 Å². The Kier molecular flexibility index (Phi) is 7.74. The molecule has 0 aliphatic heterocycles. The summed E-state index contributed by atoms with van der Waals surface area (Å²) in [5.41, 5.74) is 4.97. The minimum atomic E-state index is -3.76. The average Bonchev–Trinajstić information content (AvgIpc) is 2.89. The van der Waals surface area contributed by atoms with Crippen LogP contribution in [0.5, 0.6) is 0 Å². The number of aryl methyl sites for hydroxylation is 2. The Morgan fingerprint density at radius 2 is 1.36 bits per heavy atom. The largest absolute Gasteiger partial charge is 0.322 e. The topological polar surface area (TPSA) is 92.3 Å². The monoisotopic (exact) mass is 540 g/mol. The van der Waals surface area contributed by atoms with Gasteiger partial charge in [0.15, 0.2) is 5.78 Å². The van der Waals surface area contributed by atoms with E-state index < -0.39 is 10.0 Å². The zero-order chi connectivity index (χ0) is 28.4. The number of hydrogen-bond donors (Lipinski definition) is 2. The normalized spacial score (nSPS) is 11.6. The van der Waals surface area contributed by atoms with Crippen molar-refractivity contribution < 1.29 is 18.0 Å². The number of carbonyl (C=O) groups is 2. The fourth-order valence-electron chi connectivity index (χ4n) is 4.07. The second-order valence-electron chi connectivity index (χ2n) is 10.6. The molecule has 4 aromatic rings. The van der Waals surface area contributed by atoms with Gasteiger partial charge in [-0.3, -0.25) is 14.3 Å². The Balaban J connectivity index is 1.47. The van der Waals surface area contributed by atoms with E-state index in [-0.39, 0.29) is 22.0 Å². The zero-order valence-corrected chi connectivity index (χ0v) is 23.5. The molecular weight excluding hydrogens is 508 g/mol. The van der Waals surface area contributed by atoms with Crippen LogP contribution in [0.25, 0.3) is 0 Å². The number of carbonyl (C=O) groups excluding carboxylic acids is 2. The summed E-state index contributed by atoms with van der Waals surface area (Å²) in [6, 6.07) is 25.7. The standard InChI is InChI=1S/C32H32N2O4S/c1-21-9-16-28(17-10-21)39(37,38)34-29-18-13-25(19-22(29)2)31(36)33-27-8-6-7-24(20-27)30(35)23-11-14-26(15-12-23)32(3,4)5/h6-20,34H,1-5H3,(H,33,36). The van der Waals surface area contributed by atoms with E-state index in [0.29, 0.717) is 33.6 Å². The zero-order valence-electron chi connectivity index (χ0n) is 22.7. The minimum Gasteiger partial charge on any atom is -0.322 e. The Labute approximate surface area is 230 Å². The molecular formula is C32H32N2O4S. The van der Waals surface area contributed by atoms with E-state index in [1.54, 1.807) is 73.7 Å². The first-order chi connectivity index (χ1) is 18.3. The first kappa shape index (κ1) is 27.8. The van der Waals surface area contributed by atoms with Crippen molar-refractivity contribution >= 4 is 33.1 Å². The van der Waals surface area contributed by atoms with Crippen LogP contribution in [0.3, 0.4) is 0 Å². The minimum absolute atomic E-state index is 0.00620. The summed E-state index contributed by atoms with van der Waals surface area (Å²) >= 11 is 0. The summed E-state index contributed by atoms with van der Waals surface area (Å²) < 4.78 is 28.1. The highest BCUT2D eigenvalue weighted by Crippen LogP contribution is 2.25. The third-order valence-corrected chi connectivity index (χ3v) is 7.84. The van der Waals surface area contributed by atoms with Crippen LogP contribution in [0.2, 0.25) is 0 Å². The van der Waals surface area contributed by atoms with Gasteiger partial charge in [0, 0.05) is 22.4 Å². The SMILES string of the molecule is Cc1ccc(S(=O)(=O)Nc2ccc(C(=O)Nc3cccc(C(=O)c4ccc(C(C)(C)C)cc4)c3)cc2C)cc1. The van der Waals surface area contributed by atoms with Crippen molar-refractivity contribution in [2.45, 2.75) is 44.9 Å². The Morgan fingerprint density at radius 1 is 0.718 bits per heavy atom. The molecule has 1 amide bonds. The van der Waals surface area contributed by atoms with Crippen LogP contribution < -0.4 is 10.0 Å². The van der Waals surface area contributed by atoms with Crippen LogP contribution in [-0.4, -0.2) is 20.1 Å². The highest BCUT2D eigenvalue weighted by atomic mass is 32.2. The number of ketones is 1. The lowest BCUT2D eigenvalue weighted by Gasteiger charge is -2.19. The third-order valence-electron chi connectivity index (χ3n) is 6.46. The molecule has 39 heavy (non-hydrogen) atoms. The Hall–Kier alpha value is -4.23. The maximum absolute atomic E-state index is 13.1. The second-order valence-corrected chi connectivity index (χ2v) is 12.3. The lowest BCUT2D eigenvalue weighted by Crippen LogP contribution is -2.15. The van der Waals surface area contributed by atoms with Gasteiger partial charge in [0.1, 0.15) is 0 Å². The summed E-state index contributed by atoms with van der Waals surface area (Å²) in [5, 5.41) is 2.83. The molecule has 4 aromatic carbocycles. The number of amides is 1. The highest BCUT2D eigenvalue weighted by Gasteiger charge is 2.18. The third kappa shape index (κ3) is 6.62. The van der Waals surface area contributed by atoms with Gasteiger partial charge in [0.25, 0.3) is 15.9 Å². The van der Waals surface area contributed by atoms with Crippen molar-refractivity contribution in [3.05, 3.63) is 124 Å². The van der Waals surface area contributed by atoms with E-state index in [2.05, 4.69) is 30.8 Å². The van der Waals surface area contributed by atoms with E-state index in [1.165, 1.54) is 0 Å². The molecule has 4 rings (SSSR count). The quantitative estimate of drug-likeness (QED) is 0.250. The summed E-state index contributed by atoms with van der Waals surface area (Å²) in [5.74, 6) is -0.502. The Bertz CT molecular complexity index is 1630. The van der Waals surface area contributed by atoms with E-state index in [1.807, 2.05) is 31.2 Å². The molecule has 0 saturated carbocycles. The van der Waals surface area contributed by atoms with Gasteiger partial charge in [-0.05, 0) is 72.9 Å². The molecule has 0 fully saturated rings. The van der Waals surface area contributed by atoms with Gasteiger partial charge in [-0.2, -0.15) is 0 Å². The number of anilines is 2. The molecule has 6 nitrogen and oxygen atoms in total. The van der Waals surface area contributed by atoms with Crippen molar-refractivity contribution in [1.29, 1.82) is 0 Å². The van der Waals surface area contributed by atoms with Crippen molar-refractivity contribution in [1.82, 2.24) is 0 Å². The van der Waals surface area contributed by atoms with Crippen molar-refractivity contribution in [3.63, 3.8) is 0 Å². The molecule has 0 unspecified atom stereocenters. The molecule has 7 heteroatoms. The summed E-state index contributed by atoms with van der Waals surface area (Å²) in [6.07, 6.45) is 0. The van der Waals surface area contributed by atoms with Crippen LogP contribution in [-0.2, 0) is 15.4 Å². The first-order valence-corrected chi connectivity index (χ1v) is 14.1. The van der Waals surface area contributed by atoms with Crippen LogP contribution in [0.4, 0.5) is 11.4 Å². The molecule has 0 atom stereocenters. The number of sulfonamides is 1. The first-order valence-electron chi connectivity index (χ1n) is 12.6. The van der Waals surface area contributed by atoms with Gasteiger partial charge in [-0.1, -0.05) is 74.9 Å².